The van der Waals surface area contributed by atoms with Gasteiger partial charge in [-0.05, 0) is 42.7 Å². The van der Waals surface area contributed by atoms with Gasteiger partial charge in [0.25, 0.3) is 0 Å². The van der Waals surface area contributed by atoms with Gasteiger partial charge in [0.2, 0.25) is 5.91 Å². The molecule has 0 aliphatic rings. The molecule has 0 aliphatic heterocycles. The Bertz CT molecular complexity index is 1040. The molecule has 0 spiro atoms. The van der Waals surface area contributed by atoms with Crippen LogP contribution in [0.3, 0.4) is 0 Å². The van der Waals surface area contributed by atoms with E-state index in [1.54, 1.807) is 6.20 Å². The highest BCUT2D eigenvalue weighted by Gasteiger charge is 2.21. The molecule has 5 nitrogen and oxygen atoms in total. The molecule has 0 bridgehead atoms. The molecule has 1 aromatic heterocycles. The number of para-hydroxylation sites is 1. The highest BCUT2D eigenvalue weighted by Crippen LogP contribution is 2.26. The van der Waals surface area contributed by atoms with Crippen LogP contribution in [0.1, 0.15) is 49.1 Å². The van der Waals surface area contributed by atoms with E-state index in [1.165, 1.54) is 0 Å². The summed E-state index contributed by atoms with van der Waals surface area (Å²) < 4.78 is 6.01. The Kier molecular flexibility index (Phi) is 7.96. The second-order valence-electron chi connectivity index (χ2n) is 7.31. The Morgan fingerprint density at radius 3 is 2.65 bits per heavy atom. The summed E-state index contributed by atoms with van der Waals surface area (Å²) in [5, 5.41) is 4.11. The third kappa shape index (κ3) is 6.03. The third-order valence-electron chi connectivity index (χ3n) is 5.03. The van der Waals surface area contributed by atoms with Crippen LogP contribution < -0.4 is 11.1 Å². The summed E-state index contributed by atoms with van der Waals surface area (Å²) in [6, 6.07) is 17.2. The van der Waals surface area contributed by atoms with Gasteiger partial charge < -0.3 is 15.5 Å². The van der Waals surface area contributed by atoms with Crippen molar-refractivity contribution in [3.8, 4) is 0 Å². The first-order chi connectivity index (χ1) is 15.1. The van der Waals surface area contributed by atoms with E-state index in [0.29, 0.717) is 12.3 Å². The van der Waals surface area contributed by atoms with E-state index < -0.39 is 6.04 Å². The number of nitrogens with one attached hydrogen (secondary N) is 1. The Labute approximate surface area is 183 Å². The molecule has 5 heteroatoms. The van der Waals surface area contributed by atoms with E-state index in [-0.39, 0.29) is 11.8 Å². The van der Waals surface area contributed by atoms with Crippen molar-refractivity contribution in [3.05, 3.63) is 95.9 Å². The van der Waals surface area contributed by atoms with Crippen molar-refractivity contribution < 1.29 is 9.21 Å². The van der Waals surface area contributed by atoms with Crippen LogP contribution in [0.5, 0.6) is 0 Å². The lowest BCUT2D eigenvalue weighted by Crippen LogP contribution is -2.31. The predicted octanol–water partition coefficient (Wildman–Crippen LogP) is 5.40. The Balaban J connectivity index is 1.80. The minimum atomic E-state index is -0.398. The van der Waals surface area contributed by atoms with Gasteiger partial charge in [0.1, 0.15) is 17.4 Å². The van der Waals surface area contributed by atoms with Crippen molar-refractivity contribution in [1.82, 2.24) is 5.32 Å². The zero-order valence-corrected chi connectivity index (χ0v) is 18.0. The minimum absolute atomic E-state index is 0.0800. The van der Waals surface area contributed by atoms with Crippen LogP contribution in [0.15, 0.2) is 88.4 Å². The monoisotopic (exact) mass is 415 g/mol. The lowest BCUT2D eigenvalue weighted by molar-refractivity contribution is -0.122. The first-order valence-electron chi connectivity index (χ1n) is 10.5. The fourth-order valence-electron chi connectivity index (χ4n) is 3.18. The third-order valence-corrected chi connectivity index (χ3v) is 5.03. The molecule has 31 heavy (non-hydrogen) atoms. The topological polar surface area (TPSA) is 80.6 Å². The number of hydrogen-bond donors (Lipinski definition) is 2. The minimum Gasteiger partial charge on any atom is -0.459 e. The molecule has 2 aromatic carbocycles. The summed E-state index contributed by atoms with van der Waals surface area (Å²) in [6.45, 7) is 4.41. The van der Waals surface area contributed by atoms with Crippen molar-refractivity contribution in [1.29, 1.82) is 0 Å². The quantitative estimate of drug-likeness (QED) is 0.362. The van der Waals surface area contributed by atoms with Gasteiger partial charge in [0, 0.05) is 24.3 Å². The van der Waals surface area contributed by atoms with Crippen LogP contribution in [0, 0.1) is 0 Å². The molecule has 2 unspecified atom stereocenters. The van der Waals surface area contributed by atoms with Gasteiger partial charge in [0.15, 0.2) is 0 Å². The van der Waals surface area contributed by atoms with Gasteiger partial charge in [-0.25, -0.2) is 0 Å². The zero-order valence-electron chi connectivity index (χ0n) is 18.0. The number of furan rings is 1. The summed E-state index contributed by atoms with van der Waals surface area (Å²) in [5.74, 6) is 0.294. The summed E-state index contributed by atoms with van der Waals surface area (Å²) >= 11 is 0. The highest BCUT2D eigenvalue weighted by atomic mass is 16.3. The second kappa shape index (κ2) is 11.1. The van der Waals surface area contributed by atoms with Crippen LogP contribution in [0.2, 0.25) is 0 Å². The van der Waals surface area contributed by atoms with Crippen molar-refractivity contribution in [2.24, 2.45) is 10.7 Å². The average molecular weight is 416 g/mol. The van der Waals surface area contributed by atoms with Gasteiger partial charge >= 0.3 is 0 Å². The van der Waals surface area contributed by atoms with Crippen LogP contribution in [0.25, 0.3) is 11.0 Å². The van der Waals surface area contributed by atoms with Crippen LogP contribution >= 0.6 is 0 Å². The van der Waals surface area contributed by atoms with Gasteiger partial charge in [-0.3, -0.25) is 9.79 Å². The SMILES string of the molecule is CC\C=N/C=C\C=C\C(NC(=O)C(C)c1ccc(CN)cc1)c1cc2ccccc2o1. The fraction of sp³-hybridized carbons (Fsp3) is 0.231. The van der Waals surface area contributed by atoms with Crippen LogP contribution in [-0.2, 0) is 11.3 Å². The molecule has 3 N–H and O–H groups in total. The van der Waals surface area contributed by atoms with E-state index in [4.69, 9.17) is 10.2 Å². The number of nitrogens with zero attached hydrogens (tertiary/aromatic N) is 1. The molecule has 2 atom stereocenters. The van der Waals surface area contributed by atoms with Crippen LogP contribution in [0.4, 0.5) is 0 Å². The second-order valence-corrected chi connectivity index (χ2v) is 7.31. The maximum atomic E-state index is 13.0. The smallest absolute Gasteiger partial charge is 0.228 e. The largest absolute Gasteiger partial charge is 0.459 e. The summed E-state index contributed by atoms with van der Waals surface area (Å²) in [6.07, 6.45) is 10.0. The zero-order chi connectivity index (χ0) is 22.1. The molecule has 0 saturated heterocycles. The molecule has 160 valence electrons. The van der Waals surface area contributed by atoms with Crippen molar-refractivity contribution >= 4 is 23.1 Å². The number of fused-ring (bicyclic) bond motifs is 1. The van der Waals surface area contributed by atoms with Crippen molar-refractivity contribution in [2.75, 3.05) is 0 Å². The molecule has 0 aliphatic carbocycles. The lowest BCUT2D eigenvalue weighted by Gasteiger charge is -2.17. The van der Waals surface area contributed by atoms with E-state index in [2.05, 4.69) is 10.3 Å². The van der Waals surface area contributed by atoms with Gasteiger partial charge in [-0.1, -0.05) is 61.5 Å². The Morgan fingerprint density at radius 1 is 1.16 bits per heavy atom. The number of rotatable bonds is 9. The van der Waals surface area contributed by atoms with E-state index in [0.717, 1.165) is 28.5 Å². The molecular formula is C26H29N3O2. The fourth-order valence-corrected chi connectivity index (χ4v) is 3.18. The standard InChI is InChI=1S/C26H29N3O2/c1-3-15-28-16-7-6-9-23(25-17-22-8-4-5-10-24(22)31-25)29-26(30)19(2)21-13-11-20(18-27)12-14-21/h4-17,19,23H,3,18,27H2,1-2H3,(H,29,30)/b9-6+,16-7-,28-15-. The number of amides is 1. The lowest BCUT2D eigenvalue weighted by atomic mass is 9.98. The molecule has 3 aromatic rings. The number of carbonyl (C=O) groups is 1. The first kappa shape index (κ1) is 22.2. The summed E-state index contributed by atoms with van der Waals surface area (Å²) in [5.41, 5.74) is 8.44. The number of hydrogen-bond acceptors (Lipinski definition) is 4. The van der Waals surface area contributed by atoms with Gasteiger partial charge in [-0.15, -0.1) is 0 Å². The maximum Gasteiger partial charge on any atom is 0.228 e. The van der Waals surface area contributed by atoms with E-state index in [1.807, 2.05) is 92.9 Å². The molecule has 0 fully saturated rings. The molecular weight excluding hydrogens is 386 g/mol. The number of allylic oxidation sites excluding steroid dienone is 2. The first-order valence-corrected chi connectivity index (χ1v) is 10.5. The molecule has 1 heterocycles. The van der Waals surface area contributed by atoms with E-state index >= 15 is 0 Å². The molecule has 3 rings (SSSR count). The molecule has 1 amide bonds. The maximum absolute atomic E-state index is 13.0. The Hall–Kier alpha value is -3.44. The van der Waals surface area contributed by atoms with E-state index in [9.17, 15) is 4.79 Å². The molecule has 0 saturated carbocycles. The highest BCUT2D eigenvalue weighted by molar-refractivity contribution is 5.84. The summed E-state index contributed by atoms with van der Waals surface area (Å²) in [7, 11) is 0. The number of benzene rings is 2. The summed E-state index contributed by atoms with van der Waals surface area (Å²) in [4.78, 5) is 17.2. The molecule has 0 radical (unpaired) electrons. The van der Waals surface area contributed by atoms with Crippen LogP contribution in [-0.4, -0.2) is 12.1 Å². The number of nitrogens with two attached hydrogens (primary N) is 1. The average Bonchev–Trinajstić information content (AvgIpc) is 3.24. The van der Waals surface area contributed by atoms with Gasteiger partial charge in [0.05, 0.1) is 5.92 Å². The Morgan fingerprint density at radius 2 is 1.94 bits per heavy atom. The number of aliphatic imine (C=N–C) groups is 1. The van der Waals surface area contributed by atoms with Gasteiger partial charge in [-0.2, -0.15) is 0 Å². The van der Waals surface area contributed by atoms with Crippen molar-refractivity contribution in [2.45, 2.75) is 38.8 Å². The number of carbonyl (C=O) groups excluding carboxylic acids is 1. The normalized spacial score (nSPS) is 14.0. The van der Waals surface area contributed by atoms with Crippen molar-refractivity contribution in [3.63, 3.8) is 0 Å². The predicted molar refractivity (Wildman–Crippen MR) is 127 cm³/mol.